The molecule has 0 fully saturated rings. The molecule has 1 aliphatic rings. The van der Waals surface area contributed by atoms with Crippen molar-refractivity contribution in [3.8, 4) is 5.75 Å². The second-order valence-electron chi connectivity index (χ2n) is 6.87. The van der Waals surface area contributed by atoms with Crippen molar-refractivity contribution in [3.05, 3.63) is 65.0 Å². The normalized spacial score (nSPS) is 20.7. The van der Waals surface area contributed by atoms with Gasteiger partial charge in [-0.25, -0.2) is 9.18 Å². The largest absolute Gasteiger partial charge is 0.484 e. The molecule has 0 bridgehead atoms. The van der Waals surface area contributed by atoms with E-state index in [4.69, 9.17) is 15.2 Å². The second kappa shape index (κ2) is 6.53. The quantitative estimate of drug-likeness (QED) is 0.673. The van der Waals surface area contributed by atoms with Crippen LogP contribution in [0.5, 0.6) is 5.75 Å². The van der Waals surface area contributed by atoms with E-state index in [-0.39, 0.29) is 11.3 Å². The van der Waals surface area contributed by atoms with E-state index in [0.717, 1.165) is 0 Å². The molecule has 2 aromatic carbocycles. The summed E-state index contributed by atoms with van der Waals surface area (Å²) in [5.74, 6) is -0.593. The molecular weight excluding hydrogens is 337 g/mol. The number of nitrogens with two attached hydrogens (primary N) is 1. The van der Waals surface area contributed by atoms with Gasteiger partial charge in [-0.15, -0.1) is 0 Å². The molecule has 0 saturated carbocycles. The molecule has 0 aromatic heterocycles. The third-order valence-electron chi connectivity index (χ3n) is 4.47. The maximum atomic E-state index is 13.0. The zero-order valence-corrected chi connectivity index (χ0v) is 14.8. The van der Waals surface area contributed by atoms with Crippen LogP contribution >= 0.6 is 0 Å². The lowest BCUT2D eigenvalue weighted by Gasteiger charge is -2.42. The van der Waals surface area contributed by atoms with Gasteiger partial charge in [-0.2, -0.15) is 0 Å². The highest BCUT2D eigenvalue weighted by Crippen LogP contribution is 2.40. The van der Waals surface area contributed by atoms with Crippen molar-refractivity contribution in [1.29, 1.82) is 0 Å². The Hall–Kier alpha value is -2.73. The summed E-state index contributed by atoms with van der Waals surface area (Å²) in [5, 5.41) is 0. The van der Waals surface area contributed by atoms with Gasteiger partial charge in [0.25, 0.3) is 0 Å². The standard InChI is InChI=1S/C20H20FNO4/c1-11(23)13-6-9-16-15(10-13)17(22)18(20(2,3)26-16)25-19(24)12-4-7-14(21)8-5-12/h4-10,17-18H,22H2,1-3H3/t17-,18-/m0/s1. The van der Waals surface area contributed by atoms with E-state index in [1.54, 1.807) is 32.0 Å². The number of rotatable bonds is 3. The van der Waals surface area contributed by atoms with E-state index >= 15 is 0 Å². The number of ketones is 1. The van der Waals surface area contributed by atoms with Crippen molar-refractivity contribution >= 4 is 11.8 Å². The average molecular weight is 357 g/mol. The Labute approximate surface area is 150 Å². The molecule has 136 valence electrons. The van der Waals surface area contributed by atoms with E-state index in [0.29, 0.717) is 16.9 Å². The Balaban J connectivity index is 1.91. The van der Waals surface area contributed by atoms with Crippen LogP contribution in [0.15, 0.2) is 42.5 Å². The SMILES string of the molecule is CC(=O)c1ccc2c(c1)[C@H](N)[C@H](OC(=O)c1ccc(F)cc1)C(C)(C)O2. The van der Waals surface area contributed by atoms with Gasteiger partial charge in [0, 0.05) is 11.1 Å². The van der Waals surface area contributed by atoms with Crippen LogP contribution in [0.3, 0.4) is 0 Å². The van der Waals surface area contributed by atoms with Crippen molar-refractivity contribution in [2.75, 3.05) is 0 Å². The number of carbonyl (C=O) groups is 2. The molecule has 0 saturated heterocycles. The van der Waals surface area contributed by atoms with Gasteiger partial charge in [-0.3, -0.25) is 4.79 Å². The summed E-state index contributed by atoms with van der Waals surface area (Å²) in [6.45, 7) is 5.02. The van der Waals surface area contributed by atoms with E-state index < -0.39 is 29.5 Å². The van der Waals surface area contributed by atoms with Crippen LogP contribution in [0.1, 0.15) is 53.1 Å². The monoisotopic (exact) mass is 357 g/mol. The minimum Gasteiger partial charge on any atom is -0.484 e. The van der Waals surface area contributed by atoms with Gasteiger partial charge in [0.15, 0.2) is 11.9 Å². The van der Waals surface area contributed by atoms with E-state index in [1.165, 1.54) is 31.2 Å². The topological polar surface area (TPSA) is 78.6 Å². The van der Waals surface area contributed by atoms with Crippen molar-refractivity contribution < 1.29 is 23.5 Å². The van der Waals surface area contributed by atoms with Crippen LogP contribution in [0.2, 0.25) is 0 Å². The van der Waals surface area contributed by atoms with Gasteiger partial charge in [-0.05, 0) is 63.2 Å². The Morgan fingerprint density at radius 2 is 1.73 bits per heavy atom. The molecule has 0 unspecified atom stereocenters. The molecule has 6 heteroatoms. The van der Waals surface area contributed by atoms with Gasteiger partial charge >= 0.3 is 5.97 Å². The molecule has 1 heterocycles. The second-order valence-corrected chi connectivity index (χ2v) is 6.87. The molecule has 2 atom stereocenters. The van der Waals surface area contributed by atoms with Crippen LogP contribution in [0.4, 0.5) is 4.39 Å². The van der Waals surface area contributed by atoms with E-state index in [9.17, 15) is 14.0 Å². The fourth-order valence-electron chi connectivity index (χ4n) is 3.04. The minimum absolute atomic E-state index is 0.0929. The fraction of sp³-hybridized carbons (Fsp3) is 0.300. The zero-order valence-electron chi connectivity index (χ0n) is 14.8. The highest BCUT2D eigenvalue weighted by molar-refractivity contribution is 5.94. The third-order valence-corrected chi connectivity index (χ3v) is 4.47. The Morgan fingerprint density at radius 3 is 2.35 bits per heavy atom. The van der Waals surface area contributed by atoms with Crippen molar-refractivity contribution in [3.63, 3.8) is 0 Å². The highest BCUT2D eigenvalue weighted by atomic mass is 19.1. The summed E-state index contributed by atoms with van der Waals surface area (Å²) in [7, 11) is 0. The first-order valence-corrected chi connectivity index (χ1v) is 8.25. The molecule has 0 amide bonds. The number of halogens is 1. The van der Waals surface area contributed by atoms with E-state index in [1.807, 2.05) is 0 Å². The fourth-order valence-corrected chi connectivity index (χ4v) is 3.04. The minimum atomic E-state index is -0.875. The molecule has 0 aliphatic carbocycles. The molecule has 3 rings (SSSR count). The Bertz CT molecular complexity index is 861. The lowest BCUT2D eigenvalue weighted by Crippen LogP contribution is -2.53. The predicted octanol–water partition coefficient (Wildman–Crippen LogP) is 3.42. The lowest BCUT2D eigenvalue weighted by molar-refractivity contribution is -0.0726. The number of Topliss-reactive ketones (excluding diaryl/α,β-unsaturated/α-hetero) is 1. The first kappa shape index (κ1) is 18.1. The number of esters is 1. The third kappa shape index (κ3) is 3.32. The van der Waals surface area contributed by atoms with Crippen LogP contribution in [0.25, 0.3) is 0 Å². The molecule has 0 spiro atoms. The van der Waals surface area contributed by atoms with Crippen LogP contribution in [-0.4, -0.2) is 23.5 Å². The van der Waals surface area contributed by atoms with Crippen molar-refractivity contribution in [2.24, 2.45) is 5.73 Å². The summed E-state index contributed by atoms with van der Waals surface area (Å²) >= 11 is 0. The van der Waals surface area contributed by atoms with Crippen LogP contribution in [0, 0.1) is 5.82 Å². The highest BCUT2D eigenvalue weighted by Gasteiger charge is 2.45. The molecule has 26 heavy (non-hydrogen) atoms. The number of carbonyl (C=O) groups excluding carboxylic acids is 2. The number of ether oxygens (including phenoxy) is 2. The summed E-state index contributed by atoms with van der Waals surface area (Å²) in [4.78, 5) is 24.1. The first-order valence-electron chi connectivity index (χ1n) is 8.25. The lowest BCUT2D eigenvalue weighted by atomic mass is 9.86. The molecule has 0 radical (unpaired) electrons. The maximum absolute atomic E-state index is 13.0. The number of fused-ring (bicyclic) bond motifs is 1. The van der Waals surface area contributed by atoms with Gasteiger partial charge in [0.2, 0.25) is 0 Å². The number of hydrogen-bond acceptors (Lipinski definition) is 5. The molecule has 2 aromatic rings. The van der Waals surface area contributed by atoms with Crippen molar-refractivity contribution in [2.45, 2.75) is 38.5 Å². The molecule has 1 aliphatic heterocycles. The summed E-state index contributed by atoms with van der Waals surface area (Å²) in [5.41, 5.74) is 6.81. The maximum Gasteiger partial charge on any atom is 0.338 e. The Morgan fingerprint density at radius 1 is 1.12 bits per heavy atom. The smallest absolute Gasteiger partial charge is 0.338 e. The van der Waals surface area contributed by atoms with Gasteiger partial charge in [0.1, 0.15) is 17.2 Å². The van der Waals surface area contributed by atoms with Gasteiger partial charge in [-0.1, -0.05) is 0 Å². The molecule has 2 N–H and O–H groups in total. The predicted molar refractivity (Wildman–Crippen MR) is 93.7 cm³/mol. The summed E-state index contributed by atoms with van der Waals surface area (Å²) in [6, 6.07) is 9.44. The first-order chi connectivity index (χ1) is 12.2. The van der Waals surface area contributed by atoms with Crippen LogP contribution < -0.4 is 10.5 Å². The van der Waals surface area contributed by atoms with Gasteiger partial charge in [0.05, 0.1) is 11.6 Å². The zero-order chi connectivity index (χ0) is 19.1. The Kier molecular flexibility index (Phi) is 4.54. The van der Waals surface area contributed by atoms with Crippen LogP contribution in [-0.2, 0) is 4.74 Å². The molecular formula is C20H20FNO4. The molecule has 5 nitrogen and oxygen atoms in total. The summed E-state index contributed by atoms with van der Waals surface area (Å²) < 4.78 is 24.6. The average Bonchev–Trinajstić information content (AvgIpc) is 2.58. The summed E-state index contributed by atoms with van der Waals surface area (Å²) in [6.07, 6.45) is -0.783. The number of benzene rings is 2. The van der Waals surface area contributed by atoms with Gasteiger partial charge < -0.3 is 15.2 Å². The number of hydrogen-bond donors (Lipinski definition) is 1. The van der Waals surface area contributed by atoms with Crippen molar-refractivity contribution in [1.82, 2.24) is 0 Å². The van der Waals surface area contributed by atoms with E-state index in [2.05, 4.69) is 0 Å².